The lowest BCUT2D eigenvalue weighted by Gasteiger charge is -2.21. The first kappa shape index (κ1) is 12.4. The smallest absolute Gasteiger partial charge is 0.215 e. The van der Waals surface area contributed by atoms with E-state index >= 15 is 0 Å². The predicted molar refractivity (Wildman–Crippen MR) is 72.4 cm³/mol. The summed E-state index contributed by atoms with van der Waals surface area (Å²) < 4.78 is 13.0. The van der Waals surface area contributed by atoms with Crippen molar-refractivity contribution >= 4 is 11.0 Å². The molecule has 0 bridgehead atoms. The summed E-state index contributed by atoms with van der Waals surface area (Å²) >= 11 is 0. The van der Waals surface area contributed by atoms with Gasteiger partial charge in [-0.05, 0) is 32.8 Å². The van der Waals surface area contributed by atoms with Crippen LogP contribution in [-0.4, -0.2) is 34.1 Å². The minimum absolute atomic E-state index is 0.127. The molecule has 0 spiro atoms. The van der Waals surface area contributed by atoms with Gasteiger partial charge in [0.15, 0.2) is 5.65 Å². The van der Waals surface area contributed by atoms with Crippen LogP contribution < -0.4 is 4.74 Å². The first-order valence-corrected chi connectivity index (χ1v) is 6.82. The van der Waals surface area contributed by atoms with Gasteiger partial charge in [0.1, 0.15) is 0 Å². The van der Waals surface area contributed by atoms with Crippen molar-refractivity contribution in [1.82, 2.24) is 14.8 Å². The highest BCUT2D eigenvalue weighted by atomic mass is 16.5. The van der Waals surface area contributed by atoms with Crippen molar-refractivity contribution in [2.75, 3.05) is 13.2 Å². The third kappa shape index (κ3) is 2.71. The maximum atomic E-state index is 5.60. The molecule has 1 fully saturated rings. The van der Waals surface area contributed by atoms with Gasteiger partial charge < -0.3 is 9.47 Å². The first-order chi connectivity index (χ1) is 9.22. The summed E-state index contributed by atoms with van der Waals surface area (Å²) in [6.45, 7) is 5.62. The molecular formula is C14H19N3O2. The van der Waals surface area contributed by atoms with Crippen molar-refractivity contribution in [3.8, 4) is 5.88 Å². The minimum atomic E-state index is 0.127. The molecule has 0 radical (unpaired) electrons. The van der Waals surface area contributed by atoms with E-state index in [2.05, 4.69) is 16.3 Å². The first-order valence-electron chi connectivity index (χ1n) is 6.82. The maximum Gasteiger partial charge on any atom is 0.215 e. The summed E-state index contributed by atoms with van der Waals surface area (Å²) in [6.07, 6.45) is 4.23. The van der Waals surface area contributed by atoms with E-state index in [1.807, 2.05) is 30.7 Å². The van der Waals surface area contributed by atoms with Gasteiger partial charge in [0.2, 0.25) is 5.88 Å². The van der Waals surface area contributed by atoms with Gasteiger partial charge in [0.25, 0.3) is 0 Å². The number of hydrogen-bond acceptors (Lipinski definition) is 4. The third-order valence-electron chi connectivity index (χ3n) is 3.28. The lowest BCUT2D eigenvalue weighted by atomic mass is 10.1. The fourth-order valence-electron chi connectivity index (χ4n) is 2.35. The molecule has 0 aliphatic carbocycles. The Hall–Kier alpha value is -1.62. The largest absolute Gasteiger partial charge is 0.475 e. The molecule has 1 saturated heterocycles. The molecule has 0 aromatic carbocycles. The molecule has 3 rings (SSSR count). The van der Waals surface area contributed by atoms with Gasteiger partial charge in [-0.2, -0.15) is 10.1 Å². The molecule has 102 valence electrons. The van der Waals surface area contributed by atoms with E-state index in [-0.39, 0.29) is 6.10 Å². The molecule has 5 nitrogen and oxygen atoms in total. The van der Waals surface area contributed by atoms with Gasteiger partial charge in [-0.1, -0.05) is 0 Å². The van der Waals surface area contributed by atoms with Crippen molar-refractivity contribution < 1.29 is 9.47 Å². The van der Waals surface area contributed by atoms with Crippen LogP contribution in [0.2, 0.25) is 0 Å². The molecule has 0 N–H and O–H groups in total. The Morgan fingerprint density at radius 2 is 2.11 bits per heavy atom. The number of aromatic nitrogens is 3. The van der Waals surface area contributed by atoms with Crippen LogP contribution in [0.5, 0.6) is 5.88 Å². The number of pyridine rings is 1. The fraction of sp³-hybridized carbons (Fsp3) is 0.571. The highest BCUT2D eigenvalue weighted by molar-refractivity contribution is 5.74. The van der Waals surface area contributed by atoms with Gasteiger partial charge >= 0.3 is 0 Å². The van der Waals surface area contributed by atoms with E-state index in [9.17, 15) is 0 Å². The Labute approximate surface area is 112 Å². The van der Waals surface area contributed by atoms with Crippen molar-refractivity contribution in [2.45, 2.75) is 38.8 Å². The number of hydrogen-bond donors (Lipinski definition) is 0. The molecule has 2 aromatic heterocycles. The van der Waals surface area contributed by atoms with Crippen LogP contribution in [0.15, 0.2) is 18.3 Å². The Morgan fingerprint density at radius 1 is 1.32 bits per heavy atom. The summed E-state index contributed by atoms with van der Waals surface area (Å²) in [7, 11) is 0. The standard InChI is InChI=1S/C14H19N3O2/c1-10(2)19-13-4-3-11-9-17(16-14(11)15-13)12-5-7-18-8-6-12/h3-4,9-10,12H,5-8H2,1-2H3. The molecule has 5 heteroatoms. The molecule has 1 aliphatic heterocycles. The zero-order valence-electron chi connectivity index (χ0n) is 11.4. The average Bonchev–Trinajstić information content (AvgIpc) is 2.82. The molecule has 2 aromatic rings. The summed E-state index contributed by atoms with van der Waals surface area (Å²) in [6, 6.07) is 4.35. The normalized spacial score (nSPS) is 17.2. The Balaban J connectivity index is 1.87. The van der Waals surface area contributed by atoms with E-state index in [0.29, 0.717) is 11.9 Å². The summed E-state index contributed by atoms with van der Waals surface area (Å²) in [5, 5.41) is 5.63. The van der Waals surface area contributed by atoms with Gasteiger partial charge in [0.05, 0.1) is 12.1 Å². The number of fused-ring (bicyclic) bond motifs is 1. The van der Waals surface area contributed by atoms with Crippen molar-refractivity contribution in [2.24, 2.45) is 0 Å². The molecule has 0 amide bonds. The molecular weight excluding hydrogens is 242 g/mol. The molecule has 0 unspecified atom stereocenters. The van der Waals surface area contributed by atoms with E-state index in [4.69, 9.17) is 9.47 Å². The number of rotatable bonds is 3. The van der Waals surface area contributed by atoms with Crippen LogP contribution in [0, 0.1) is 0 Å². The van der Waals surface area contributed by atoms with E-state index < -0.39 is 0 Å². The molecule has 19 heavy (non-hydrogen) atoms. The second-order valence-electron chi connectivity index (χ2n) is 5.18. The summed E-state index contributed by atoms with van der Waals surface area (Å²) in [5.41, 5.74) is 0.754. The van der Waals surface area contributed by atoms with Gasteiger partial charge in [-0.15, -0.1) is 0 Å². The van der Waals surface area contributed by atoms with Crippen molar-refractivity contribution in [3.05, 3.63) is 18.3 Å². The second kappa shape index (κ2) is 5.17. The second-order valence-corrected chi connectivity index (χ2v) is 5.18. The van der Waals surface area contributed by atoms with E-state index in [1.165, 1.54) is 0 Å². The predicted octanol–water partition coefficient (Wildman–Crippen LogP) is 2.57. The van der Waals surface area contributed by atoms with Crippen LogP contribution in [0.1, 0.15) is 32.7 Å². The highest BCUT2D eigenvalue weighted by Gasteiger charge is 2.17. The van der Waals surface area contributed by atoms with Crippen molar-refractivity contribution in [1.29, 1.82) is 0 Å². The Morgan fingerprint density at radius 3 is 2.84 bits per heavy atom. The lowest BCUT2D eigenvalue weighted by molar-refractivity contribution is 0.0664. The Kier molecular flexibility index (Phi) is 3.38. The van der Waals surface area contributed by atoms with Gasteiger partial charge in [0, 0.05) is 30.9 Å². The maximum absolute atomic E-state index is 5.60. The van der Waals surface area contributed by atoms with Crippen LogP contribution in [-0.2, 0) is 4.74 Å². The van der Waals surface area contributed by atoms with E-state index in [1.54, 1.807) is 0 Å². The molecule has 1 aliphatic rings. The molecule has 0 atom stereocenters. The number of ether oxygens (including phenoxy) is 2. The number of nitrogens with zero attached hydrogens (tertiary/aromatic N) is 3. The fourth-order valence-corrected chi connectivity index (χ4v) is 2.35. The van der Waals surface area contributed by atoms with E-state index in [0.717, 1.165) is 37.1 Å². The van der Waals surface area contributed by atoms with Crippen LogP contribution in [0.3, 0.4) is 0 Å². The zero-order valence-corrected chi connectivity index (χ0v) is 11.4. The summed E-state index contributed by atoms with van der Waals surface area (Å²) in [4.78, 5) is 4.45. The molecule has 3 heterocycles. The van der Waals surface area contributed by atoms with Gasteiger partial charge in [-0.3, -0.25) is 4.68 Å². The average molecular weight is 261 g/mol. The van der Waals surface area contributed by atoms with Crippen LogP contribution in [0.25, 0.3) is 11.0 Å². The quantitative estimate of drug-likeness (QED) is 0.852. The Bertz CT molecular complexity index is 559. The summed E-state index contributed by atoms with van der Waals surface area (Å²) in [5.74, 6) is 0.639. The van der Waals surface area contributed by atoms with Crippen LogP contribution in [0.4, 0.5) is 0 Å². The van der Waals surface area contributed by atoms with Gasteiger partial charge in [-0.25, -0.2) is 0 Å². The van der Waals surface area contributed by atoms with Crippen LogP contribution >= 0.6 is 0 Å². The minimum Gasteiger partial charge on any atom is -0.475 e. The van der Waals surface area contributed by atoms with Crippen molar-refractivity contribution in [3.63, 3.8) is 0 Å². The SMILES string of the molecule is CC(C)Oc1ccc2cn(C3CCOCC3)nc2n1. The monoisotopic (exact) mass is 261 g/mol. The third-order valence-corrected chi connectivity index (χ3v) is 3.28. The topological polar surface area (TPSA) is 49.2 Å². The highest BCUT2D eigenvalue weighted by Crippen LogP contribution is 2.23. The lowest BCUT2D eigenvalue weighted by Crippen LogP contribution is -2.19. The zero-order chi connectivity index (χ0) is 13.2. The molecule has 0 saturated carbocycles.